The second-order valence-electron chi connectivity index (χ2n) is 4.34. The Morgan fingerprint density at radius 3 is 2.56 bits per heavy atom. The van der Waals surface area contributed by atoms with Crippen molar-refractivity contribution in [2.24, 2.45) is 0 Å². The Bertz CT molecular complexity index is 452. The molecule has 4 nitrogen and oxygen atoms in total. The number of hydrogen-bond donors (Lipinski definition) is 3. The summed E-state index contributed by atoms with van der Waals surface area (Å²) < 4.78 is 0. The molecular weight excluding hydrogens is 225 g/mol. The van der Waals surface area contributed by atoms with Gasteiger partial charge in [-0.3, -0.25) is 4.79 Å². The molecule has 0 bridgehead atoms. The van der Waals surface area contributed by atoms with Gasteiger partial charge in [-0.15, -0.1) is 0 Å². The Hall–Kier alpha value is -1.91. The lowest BCUT2D eigenvalue weighted by atomic mass is 9.96. The first-order valence-electron chi connectivity index (χ1n) is 6.00. The minimum Gasteiger partial charge on any atom is -0.375 e. The Morgan fingerprint density at radius 1 is 1.33 bits per heavy atom. The first-order chi connectivity index (χ1) is 8.67. The highest BCUT2D eigenvalue weighted by atomic mass is 16.1. The van der Waals surface area contributed by atoms with Crippen LogP contribution in [0.2, 0.25) is 0 Å². The number of amides is 1. The molecule has 1 aliphatic carbocycles. The number of rotatable bonds is 5. The highest BCUT2D eigenvalue weighted by Gasteiger charge is 2.22. The van der Waals surface area contributed by atoms with Crippen LogP contribution in [-0.4, -0.2) is 26.8 Å². The van der Waals surface area contributed by atoms with Crippen LogP contribution in [0.5, 0.6) is 0 Å². The Labute approximate surface area is 108 Å². The van der Waals surface area contributed by atoms with Crippen molar-refractivity contribution in [2.75, 3.05) is 12.4 Å². The van der Waals surface area contributed by atoms with Crippen molar-refractivity contribution in [3.8, 4) is 0 Å². The molecule has 1 saturated carbocycles. The molecule has 1 aromatic rings. The molecule has 18 heavy (non-hydrogen) atoms. The molecule has 5 heteroatoms. The van der Waals surface area contributed by atoms with Gasteiger partial charge in [0.25, 0.3) is 0 Å². The van der Waals surface area contributed by atoms with E-state index < -0.39 is 0 Å². The fraction of sp³-hybridized carbons (Fsp3) is 0.308. The average molecular weight is 241 g/mol. The zero-order chi connectivity index (χ0) is 13.0. The van der Waals surface area contributed by atoms with Gasteiger partial charge in [0.2, 0.25) is 5.91 Å². The molecule has 92 valence electrons. The van der Waals surface area contributed by atoms with E-state index in [4.69, 9.17) is 7.85 Å². The highest BCUT2D eigenvalue weighted by molar-refractivity contribution is 6.32. The van der Waals surface area contributed by atoms with E-state index in [0.29, 0.717) is 17.3 Å². The van der Waals surface area contributed by atoms with Crippen LogP contribution in [0.15, 0.2) is 36.2 Å². The van der Waals surface area contributed by atoms with E-state index in [2.05, 4.69) is 16.0 Å². The van der Waals surface area contributed by atoms with Crippen molar-refractivity contribution in [1.29, 1.82) is 0 Å². The van der Waals surface area contributed by atoms with E-state index in [-0.39, 0.29) is 5.91 Å². The van der Waals surface area contributed by atoms with Crippen molar-refractivity contribution in [1.82, 2.24) is 10.6 Å². The van der Waals surface area contributed by atoms with Crippen LogP contribution in [0, 0.1) is 0 Å². The normalized spacial score (nSPS) is 15.1. The maximum Gasteiger partial charge on any atom is 0.247 e. The fourth-order valence-electron chi connectivity index (χ4n) is 1.49. The second-order valence-corrected chi connectivity index (χ2v) is 4.34. The number of carbonyl (C=O) groups is 1. The average Bonchev–Trinajstić information content (AvgIpc) is 3.15. The minimum absolute atomic E-state index is 0.0789. The van der Waals surface area contributed by atoms with Crippen LogP contribution in [0.1, 0.15) is 12.8 Å². The standard InChI is InChI=1S/C13H16BN3O/c1-15-12(8-13(18)17-11-6-7-11)16-10-4-2-9(14)3-5-10/h2-5,8,11,15-16H,6-7H2,1H3,(H,17,18)/b12-8-. The second kappa shape index (κ2) is 5.62. The molecule has 1 aliphatic rings. The van der Waals surface area contributed by atoms with Gasteiger partial charge in [0, 0.05) is 24.9 Å². The van der Waals surface area contributed by atoms with Crippen LogP contribution in [0.4, 0.5) is 5.69 Å². The number of hydrogen-bond acceptors (Lipinski definition) is 3. The molecule has 0 spiro atoms. The third-order valence-electron chi connectivity index (χ3n) is 2.66. The lowest BCUT2D eigenvalue weighted by Crippen LogP contribution is -2.26. The Kier molecular flexibility index (Phi) is 3.92. The van der Waals surface area contributed by atoms with Crippen molar-refractivity contribution in [2.45, 2.75) is 18.9 Å². The van der Waals surface area contributed by atoms with E-state index in [1.165, 1.54) is 6.08 Å². The van der Waals surface area contributed by atoms with Crippen LogP contribution in [-0.2, 0) is 4.79 Å². The third-order valence-corrected chi connectivity index (χ3v) is 2.66. The predicted molar refractivity (Wildman–Crippen MR) is 73.8 cm³/mol. The molecule has 0 unspecified atom stereocenters. The third kappa shape index (κ3) is 3.84. The highest BCUT2D eigenvalue weighted by Crippen LogP contribution is 2.18. The van der Waals surface area contributed by atoms with Crippen molar-refractivity contribution in [3.63, 3.8) is 0 Å². The van der Waals surface area contributed by atoms with Crippen molar-refractivity contribution >= 4 is 24.9 Å². The smallest absolute Gasteiger partial charge is 0.247 e. The maximum atomic E-state index is 11.6. The maximum absolute atomic E-state index is 11.6. The molecule has 2 rings (SSSR count). The van der Waals surface area contributed by atoms with Crippen LogP contribution in [0.25, 0.3) is 0 Å². The number of nitrogens with one attached hydrogen (secondary N) is 3. The molecular formula is C13H16BN3O. The monoisotopic (exact) mass is 241 g/mol. The topological polar surface area (TPSA) is 53.2 Å². The molecule has 0 saturated heterocycles. The fourth-order valence-corrected chi connectivity index (χ4v) is 1.49. The van der Waals surface area contributed by atoms with Gasteiger partial charge in [-0.05, 0) is 25.0 Å². The van der Waals surface area contributed by atoms with E-state index >= 15 is 0 Å². The number of anilines is 1. The lowest BCUT2D eigenvalue weighted by molar-refractivity contribution is -0.116. The van der Waals surface area contributed by atoms with Crippen molar-refractivity contribution < 1.29 is 4.79 Å². The van der Waals surface area contributed by atoms with E-state index in [1.807, 2.05) is 12.1 Å². The van der Waals surface area contributed by atoms with Crippen LogP contribution < -0.4 is 21.4 Å². The quantitative estimate of drug-likeness (QED) is 0.511. The summed E-state index contributed by atoms with van der Waals surface area (Å²) in [6.45, 7) is 0. The van der Waals surface area contributed by atoms with E-state index in [9.17, 15) is 4.79 Å². The molecule has 3 N–H and O–H groups in total. The summed E-state index contributed by atoms with van der Waals surface area (Å²) in [7, 11) is 7.37. The predicted octanol–water partition coefficient (Wildman–Crippen LogP) is 0.232. The number of carbonyl (C=O) groups excluding carboxylic acids is 1. The Morgan fingerprint density at radius 2 is 2.00 bits per heavy atom. The molecule has 1 amide bonds. The summed E-state index contributed by atoms with van der Waals surface area (Å²) in [5, 5.41) is 8.96. The van der Waals surface area contributed by atoms with Gasteiger partial charge < -0.3 is 16.0 Å². The van der Waals surface area contributed by atoms with Gasteiger partial charge in [0.1, 0.15) is 13.7 Å². The van der Waals surface area contributed by atoms with Gasteiger partial charge in [-0.2, -0.15) is 0 Å². The summed E-state index contributed by atoms with van der Waals surface area (Å²) in [5.74, 6) is 0.572. The van der Waals surface area contributed by atoms with Gasteiger partial charge in [-0.25, -0.2) is 0 Å². The minimum atomic E-state index is -0.0789. The first kappa shape index (κ1) is 12.5. The van der Waals surface area contributed by atoms with Gasteiger partial charge >= 0.3 is 0 Å². The Balaban J connectivity index is 1.96. The molecule has 0 aliphatic heterocycles. The lowest BCUT2D eigenvalue weighted by Gasteiger charge is -2.10. The molecule has 0 heterocycles. The van der Waals surface area contributed by atoms with E-state index in [1.54, 1.807) is 19.2 Å². The zero-order valence-corrected chi connectivity index (χ0v) is 10.4. The molecule has 0 atom stereocenters. The summed E-state index contributed by atoms with van der Waals surface area (Å²) in [4.78, 5) is 11.6. The summed E-state index contributed by atoms with van der Waals surface area (Å²) in [5.41, 5.74) is 1.59. The van der Waals surface area contributed by atoms with Gasteiger partial charge in [0.15, 0.2) is 0 Å². The molecule has 1 aromatic carbocycles. The molecule has 1 fully saturated rings. The van der Waals surface area contributed by atoms with Gasteiger partial charge in [-0.1, -0.05) is 17.6 Å². The molecule has 0 aromatic heterocycles. The summed E-state index contributed by atoms with van der Waals surface area (Å²) in [6.07, 6.45) is 3.69. The van der Waals surface area contributed by atoms with Crippen molar-refractivity contribution in [3.05, 3.63) is 36.2 Å². The zero-order valence-electron chi connectivity index (χ0n) is 10.4. The van der Waals surface area contributed by atoms with E-state index in [0.717, 1.165) is 18.5 Å². The summed E-state index contributed by atoms with van der Waals surface area (Å²) >= 11 is 0. The van der Waals surface area contributed by atoms with Crippen LogP contribution >= 0.6 is 0 Å². The molecule has 2 radical (unpaired) electrons. The number of benzene rings is 1. The van der Waals surface area contributed by atoms with Crippen LogP contribution in [0.3, 0.4) is 0 Å². The SMILES string of the molecule is [B]c1ccc(N/C(=C\C(=O)NC2CC2)NC)cc1. The first-order valence-corrected chi connectivity index (χ1v) is 6.00. The van der Waals surface area contributed by atoms with Gasteiger partial charge in [0.05, 0.1) is 0 Å². The largest absolute Gasteiger partial charge is 0.375 e. The summed E-state index contributed by atoms with van der Waals surface area (Å²) in [6, 6.07) is 7.70.